The number of benzene rings is 3. The standard InChI is InChI=1S/C26H26N2O4/c1-17-13-18(2)15-21(14-17)26(31)32-16-24(29)28-23-12-8-7-11-22(23)25(30)27-19(3)20-9-5-4-6-10-20/h4-15,19H,16H2,1-3H3,(H,27,30)(H,28,29)/t19-/m1/s1. The van der Waals surface area contributed by atoms with Gasteiger partial charge in [-0.2, -0.15) is 0 Å². The average molecular weight is 431 g/mol. The summed E-state index contributed by atoms with van der Waals surface area (Å²) in [4.78, 5) is 37.4. The van der Waals surface area contributed by atoms with Gasteiger partial charge in [-0.3, -0.25) is 9.59 Å². The van der Waals surface area contributed by atoms with E-state index in [4.69, 9.17) is 4.74 Å². The van der Waals surface area contributed by atoms with E-state index in [1.54, 1.807) is 36.4 Å². The van der Waals surface area contributed by atoms with Gasteiger partial charge in [-0.05, 0) is 50.6 Å². The van der Waals surface area contributed by atoms with Crippen molar-refractivity contribution in [3.63, 3.8) is 0 Å². The zero-order chi connectivity index (χ0) is 23.1. The van der Waals surface area contributed by atoms with Crippen LogP contribution in [0.2, 0.25) is 0 Å². The summed E-state index contributed by atoms with van der Waals surface area (Å²) >= 11 is 0. The van der Waals surface area contributed by atoms with Crippen molar-refractivity contribution in [3.05, 3.63) is 101 Å². The minimum Gasteiger partial charge on any atom is -0.452 e. The Morgan fingerprint density at radius 1 is 0.875 bits per heavy atom. The van der Waals surface area contributed by atoms with Gasteiger partial charge in [-0.1, -0.05) is 59.7 Å². The topological polar surface area (TPSA) is 84.5 Å². The molecule has 3 aromatic carbocycles. The number of para-hydroxylation sites is 1. The highest BCUT2D eigenvalue weighted by atomic mass is 16.5. The van der Waals surface area contributed by atoms with Crippen molar-refractivity contribution in [2.45, 2.75) is 26.8 Å². The lowest BCUT2D eigenvalue weighted by Crippen LogP contribution is -2.28. The predicted octanol–water partition coefficient (Wildman–Crippen LogP) is 4.59. The third-order valence-corrected chi connectivity index (χ3v) is 4.88. The first-order valence-electron chi connectivity index (χ1n) is 10.3. The average Bonchev–Trinajstić information content (AvgIpc) is 2.77. The molecule has 164 valence electrons. The highest BCUT2D eigenvalue weighted by Crippen LogP contribution is 2.18. The third kappa shape index (κ3) is 6.04. The molecule has 0 heterocycles. The third-order valence-electron chi connectivity index (χ3n) is 4.88. The Kier molecular flexibility index (Phi) is 7.39. The molecule has 2 N–H and O–H groups in total. The van der Waals surface area contributed by atoms with Gasteiger partial charge in [0.15, 0.2) is 6.61 Å². The van der Waals surface area contributed by atoms with Crippen molar-refractivity contribution < 1.29 is 19.1 Å². The minimum absolute atomic E-state index is 0.203. The van der Waals surface area contributed by atoms with E-state index < -0.39 is 18.5 Å². The van der Waals surface area contributed by atoms with Crippen molar-refractivity contribution >= 4 is 23.5 Å². The number of anilines is 1. The van der Waals surface area contributed by atoms with E-state index in [0.717, 1.165) is 16.7 Å². The molecule has 32 heavy (non-hydrogen) atoms. The van der Waals surface area contributed by atoms with E-state index in [-0.39, 0.29) is 11.9 Å². The maximum absolute atomic E-state index is 12.8. The largest absolute Gasteiger partial charge is 0.452 e. The van der Waals surface area contributed by atoms with Crippen LogP contribution in [-0.2, 0) is 9.53 Å². The number of carbonyl (C=O) groups excluding carboxylic acids is 3. The molecule has 0 aliphatic heterocycles. The molecule has 3 rings (SSSR count). The second kappa shape index (κ2) is 10.4. The number of hydrogen-bond donors (Lipinski definition) is 2. The van der Waals surface area contributed by atoms with Crippen LogP contribution in [0.4, 0.5) is 5.69 Å². The minimum atomic E-state index is -0.574. The fraction of sp³-hybridized carbons (Fsp3) is 0.192. The summed E-state index contributed by atoms with van der Waals surface area (Å²) in [5, 5.41) is 5.59. The molecule has 0 radical (unpaired) electrons. The molecule has 0 saturated heterocycles. The number of rotatable bonds is 7. The number of aryl methyl sites for hydroxylation is 2. The molecule has 0 unspecified atom stereocenters. The smallest absolute Gasteiger partial charge is 0.338 e. The summed E-state index contributed by atoms with van der Waals surface area (Å²) in [5.74, 6) is -1.42. The summed E-state index contributed by atoms with van der Waals surface area (Å²) in [6.45, 7) is 5.21. The number of nitrogens with one attached hydrogen (secondary N) is 2. The van der Waals surface area contributed by atoms with Gasteiger partial charge in [0.05, 0.1) is 22.9 Å². The fourth-order valence-corrected chi connectivity index (χ4v) is 3.38. The van der Waals surface area contributed by atoms with Crippen LogP contribution in [0.1, 0.15) is 50.4 Å². The lowest BCUT2D eigenvalue weighted by atomic mass is 10.1. The molecule has 6 heteroatoms. The van der Waals surface area contributed by atoms with E-state index in [1.165, 1.54) is 0 Å². The molecule has 0 spiro atoms. The van der Waals surface area contributed by atoms with E-state index >= 15 is 0 Å². The number of esters is 1. The molecular formula is C26H26N2O4. The molecule has 1 atom stereocenters. The number of carbonyl (C=O) groups is 3. The first-order chi connectivity index (χ1) is 15.3. The monoisotopic (exact) mass is 430 g/mol. The number of hydrogen-bond acceptors (Lipinski definition) is 4. The van der Waals surface area contributed by atoms with Crippen molar-refractivity contribution in [1.29, 1.82) is 0 Å². The van der Waals surface area contributed by atoms with Crippen LogP contribution < -0.4 is 10.6 Å². The van der Waals surface area contributed by atoms with Gasteiger partial charge in [0, 0.05) is 0 Å². The zero-order valence-corrected chi connectivity index (χ0v) is 18.3. The lowest BCUT2D eigenvalue weighted by Gasteiger charge is -2.16. The van der Waals surface area contributed by atoms with Crippen molar-refractivity contribution in [3.8, 4) is 0 Å². The summed E-state index contributed by atoms with van der Waals surface area (Å²) < 4.78 is 5.14. The van der Waals surface area contributed by atoms with Gasteiger partial charge >= 0.3 is 5.97 Å². The van der Waals surface area contributed by atoms with Crippen LogP contribution in [0.3, 0.4) is 0 Å². The second-order valence-corrected chi connectivity index (χ2v) is 7.65. The van der Waals surface area contributed by atoms with E-state index in [9.17, 15) is 14.4 Å². The summed E-state index contributed by atoms with van der Waals surface area (Å²) in [5.41, 5.74) is 3.91. The molecule has 0 bridgehead atoms. The number of ether oxygens (including phenoxy) is 1. The molecule has 0 fully saturated rings. The molecule has 2 amide bonds. The van der Waals surface area contributed by atoms with Crippen LogP contribution in [0.5, 0.6) is 0 Å². The normalized spacial score (nSPS) is 11.3. The fourth-order valence-electron chi connectivity index (χ4n) is 3.38. The second-order valence-electron chi connectivity index (χ2n) is 7.65. The molecule has 3 aromatic rings. The van der Waals surface area contributed by atoms with Crippen molar-refractivity contribution in [1.82, 2.24) is 5.32 Å². The lowest BCUT2D eigenvalue weighted by molar-refractivity contribution is -0.119. The van der Waals surface area contributed by atoms with Crippen LogP contribution in [0.25, 0.3) is 0 Å². The SMILES string of the molecule is Cc1cc(C)cc(C(=O)OCC(=O)Nc2ccccc2C(=O)N[C@H](C)c2ccccc2)c1. The Bertz CT molecular complexity index is 1110. The maximum Gasteiger partial charge on any atom is 0.338 e. The quantitative estimate of drug-likeness (QED) is 0.537. The Morgan fingerprint density at radius 2 is 1.50 bits per heavy atom. The molecule has 6 nitrogen and oxygen atoms in total. The van der Waals surface area contributed by atoms with Gasteiger partial charge in [0.2, 0.25) is 0 Å². The van der Waals surface area contributed by atoms with Crippen molar-refractivity contribution in [2.75, 3.05) is 11.9 Å². The first-order valence-corrected chi connectivity index (χ1v) is 10.3. The van der Waals surface area contributed by atoms with Crippen LogP contribution in [-0.4, -0.2) is 24.4 Å². The Balaban J connectivity index is 1.62. The van der Waals surface area contributed by atoms with E-state index in [0.29, 0.717) is 16.8 Å². The Morgan fingerprint density at radius 3 is 2.19 bits per heavy atom. The number of amides is 2. The highest BCUT2D eigenvalue weighted by molar-refractivity contribution is 6.04. The predicted molar refractivity (Wildman–Crippen MR) is 124 cm³/mol. The van der Waals surface area contributed by atoms with Crippen LogP contribution in [0.15, 0.2) is 72.8 Å². The zero-order valence-electron chi connectivity index (χ0n) is 18.3. The van der Waals surface area contributed by atoms with Gasteiger partial charge in [-0.15, -0.1) is 0 Å². The van der Waals surface area contributed by atoms with E-state index in [2.05, 4.69) is 10.6 Å². The van der Waals surface area contributed by atoms with Crippen molar-refractivity contribution in [2.24, 2.45) is 0 Å². The molecular weight excluding hydrogens is 404 g/mol. The van der Waals surface area contributed by atoms with Crippen LogP contribution >= 0.6 is 0 Å². The van der Waals surface area contributed by atoms with E-state index in [1.807, 2.05) is 57.2 Å². The molecule has 0 aliphatic rings. The van der Waals surface area contributed by atoms with Gasteiger partial charge in [0.25, 0.3) is 11.8 Å². The highest BCUT2D eigenvalue weighted by Gasteiger charge is 2.17. The molecule has 0 aliphatic carbocycles. The van der Waals surface area contributed by atoms with Crippen LogP contribution in [0, 0.1) is 13.8 Å². The first kappa shape index (κ1) is 22.7. The Labute approximate surface area is 187 Å². The van der Waals surface area contributed by atoms with Gasteiger partial charge in [0.1, 0.15) is 0 Å². The maximum atomic E-state index is 12.8. The van der Waals surface area contributed by atoms with Gasteiger partial charge in [-0.25, -0.2) is 4.79 Å². The summed E-state index contributed by atoms with van der Waals surface area (Å²) in [7, 11) is 0. The summed E-state index contributed by atoms with van der Waals surface area (Å²) in [6, 6.07) is 21.5. The molecule has 0 saturated carbocycles. The Hall–Kier alpha value is -3.93. The summed E-state index contributed by atoms with van der Waals surface area (Å²) in [6.07, 6.45) is 0. The molecule has 0 aromatic heterocycles. The van der Waals surface area contributed by atoms with Gasteiger partial charge < -0.3 is 15.4 Å².